The van der Waals surface area contributed by atoms with Crippen molar-refractivity contribution in [2.75, 3.05) is 0 Å². The van der Waals surface area contributed by atoms with Gasteiger partial charge in [-0.15, -0.1) is 0 Å². The molecular formula is C13H9BBrN3O5S. The molecule has 3 rings (SSSR count). The van der Waals surface area contributed by atoms with Gasteiger partial charge >= 0.3 is 7.05 Å². The Morgan fingerprint density at radius 2 is 1.88 bits per heavy atom. The van der Waals surface area contributed by atoms with E-state index in [0.717, 1.165) is 28.7 Å². The first-order valence-corrected chi connectivity index (χ1v) is 8.84. The summed E-state index contributed by atoms with van der Waals surface area (Å²) in [7, 11) is -5.64. The van der Waals surface area contributed by atoms with Crippen LogP contribution in [0.3, 0.4) is 0 Å². The van der Waals surface area contributed by atoms with Crippen molar-refractivity contribution >= 4 is 50.4 Å². The van der Waals surface area contributed by atoms with Gasteiger partial charge in [-0.1, -0.05) is 22.0 Å². The number of benzene rings is 2. The Morgan fingerprint density at radius 1 is 1.21 bits per heavy atom. The van der Waals surface area contributed by atoms with Gasteiger partial charge in [0.05, 0.1) is 16.0 Å². The summed E-state index contributed by atoms with van der Waals surface area (Å²) >= 11 is 3.29. The van der Waals surface area contributed by atoms with Gasteiger partial charge in [0, 0.05) is 16.6 Å². The van der Waals surface area contributed by atoms with E-state index < -0.39 is 22.0 Å². The lowest BCUT2D eigenvalue weighted by atomic mass is 9.72. The topological polar surface area (TPSA) is 113 Å². The highest BCUT2D eigenvalue weighted by atomic mass is 79.9. The van der Waals surface area contributed by atoms with Crippen molar-refractivity contribution in [3.8, 4) is 0 Å². The number of hydrogen-bond acceptors (Lipinski definition) is 6. The number of nitro groups is 1. The van der Waals surface area contributed by atoms with E-state index >= 15 is 0 Å². The van der Waals surface area contributed by atoms with Crippen molar-refractivity contribution in [3.05, 3.63) is 62.6 Å². The molecule has 0 unspecified atom stereocenters. The summed E-state index contributed by atoms with van der Waals surface area (Å²) < 4.78 is 26.6. The van der Waals surface area contributed by atoms with Crippen molar-refractivity contribution in [1.82, 2.24) is 4.33 Å². The van der Waals surface area contributed by atoms with Crippen molar-refractivity contribution < 1.29 is 18.4 Å². The minimum atomic E-state index is -4.16. The Bertz CT molecular complexity index is 949. The Balaban J connectivity index is 1.99. The third kappa shape index (κ3) is 2.81. The second-order valence-corrected chi connectivity index (χ2v) is 7.63. The van der Waals surface area contributed by atoms with Crippen LogP contribution in [-0.4, -0.2) is 36.0 Å². The quantitative estimate of drug-likeness (QED) is 0.463. The fourth-order valence-electron chi connectivity index (χ4n) is 2.24. The number of non-ortho nitro benzene ring substituents is 1. The van der Waals surface area contributed by atoms with Crippen LogP contribution in [0, 0.1) is 10.1 Å². The highest BCUT2D eigenvalue weighted by Gasteiger charge is 2.38. The molecule has 24 heavy (non-hydrogen) atoms. The van der Waals surface area contributed by atoms with E-state index in [9.17, 15) is 23.6 Å². The average molecular weight is 410 g/mol. The minimum absolute atomic E-state index is 0.204. The fraction of sp³-hybridized carbons (Fsp3) is 0. The highest BCUT2D eigenvalue weighted by molar-refractivity contribution is 9.10. The maximum absolute atomic E-state index is 12.6. The van der Waals surface area contributed by atoms with E-state index in [-0.39, 0.29) is 10.6 Å². The minimum Gasteiger partial charge on any atom is -0.427 e. The molecule has 2 aromatic carbocycles. The molecule has 0 fully saturated rings. The summed E-state index contributed by atoms with van der Waals surface area (Å²) in [6.45, 7) is 0. The van der Waals surface area contributed by atoms with E-state index in [1.807, 2.05) is 0 Å². The molecule has 8 nitrogen and oxygen atoms in total. The number of rotatable bonds is 3. The molecule has 1 heterocycles. The average Bonchev–Trinajstić information content (AvgIpc) is 2.54. The van der Waals surface area contributed by atoms with Gasteiger partial charge in [-0.3, -0.25) is 10.1 Å². The van der Waals surface area contributed by atoms with Gasteiger partial charge in [-0.25, -0.2) is 8.42 Å². The maximum Gasteiger partial charge on any atom is 0.484 e. The fourth-order valence-corrected chi connectivity index (χ4v) is 3.86. The van der Waals surface area contributed by atoms with Gasteiger partial charge in [-0.05, 0) is 35.3 Å². The van der Waals surface area contributed by atoms with E-state index in [1.165, 1.54) is 6.21 Å². The molecule has 0 saturated carbocycles. The van der Waals surface area contributed by atoms with E-state index in [4.69, 9.17) is 0 Å². The number of nitro benzene ring substituents is 1. The van der Waals surface area contributed by atoms with Gasteiger partial charge in [0.1, 0.15) is 0 Å². The molecule has 0 bridgehead atoms. The number of sulfonamides is 1. The first-order valence-electron chi connectivity index (χ1n) is 6.61. The number of fused-ring (bicyclic) bond motifs is 1. The van der Waals surface area contributed by atoms with Gasteiger partial charge in [-0.2, -0.15) is 9.43 Å². The largest absolute Gasteiger partial charge is 0.484 e. The molecular weight excluding hydrogens is 401 g/mol. The van der Waals surface area contributed by atoms with Crippen LogP contribution in [0.15, 0.2) is 56.9 Å². The standard InChI is InChI=1S/C13H9BBrN3O5S/c15-10-1-6-13-9(7-10)8-16-18(14(13)19)24(22,23)12-4-2-11(3-5-12)17(20)21/h1-8,19H. The predicted molar refractivity (Wildman–Crippen MR) is 91.5 cm³/mol. The Labute approximate surface area is 145 Å². The summed E-state index contributed by atoms with van der Waals surface area (Å²) in [5.74, 6) is 0. The van der Waals surface area contributed by atoms with E-state index in [1.54, 1.807) is 18.2 Å². The molecule has 0 saturated heterocycles. The second-order valence-electron chi connectivity index (χ2n) is 4.92. The lowest BCUT2D eigenvalue weighted by Gasteiger charge is -2.26. The predicted octanol–water partition coefficient (Wildman–Crippen LogP) is 1.08. The molecule has 0 aromatic heterocycles. The zero-order valence-electron chi connectivity index (χ0n) is 11.9. The Morgan fingerprint density at radius 3 is 2.50 bits per heavy atom. The van der Waals surface area contributed by atoms with Crippen LogP contribution in [0.25, 0.3) is 0 Å². The lowest BCUT2D eigenvalue weighted by molar-refractivity contribution is -0.384. The van der Waals surface area contributed by atoms with Crippen LogP contribution in [0.1, 0.15) is 5.56 Å². The third-order valence-electron chi connectivity index (χ3n) is 3.44. The van der Waals surface area contributed by atoms with Crippen LogP contribution in [-0.2, 0) is 10.0 Å². The highest BCUT2D eigenvalue weighted by Crippen LogP contribution is 2.22. The van der Waals surface area contributed by atoms with Gasteiger partial charge in [0.25, 0.3) is 15.7 Å². The molecule has 0 atom stereocenters. The van der Waals surface area contributed by atoms with Crippen molar-refractivity contribution in [2.24, 2.45) is 5.10 Å². The molecule has 2 aromatic rings. The summed E-state index contributed by atoms with van der Waals surface area (Å²) in [6, 6.07) is 9.35. The lowest BCUT2D eigenvalue weighted by Crippen LogP contribution is -2.52. The van der Waals surface area contributed by atoms with Gasteiger partial charge in [0.2, 0.25) is 0 Å². The smallest absolute Gasteiger partial charge is 0.427 e. The van der Waals surface area contributed by atoms with Crippen LogP contribution in [0.5, 0.6) is 0 Å². The normalized spacial score (nSPS) is 13.8. The first kappa shape index (κ1) is 16.6. The Kier molecular flexibility index (Phi) is 4.16. The zero-order valence-corrected chi connectivity index (χ0v) is 14.3. The summed E-state index contributed by atoms with van der Waals surface area (Å²) in [6.07, 6.45) is 1.33. The summed E-state index contributed by atoms with van der Waals surface area (Å²) in [5.41, 5.74) is 0.748. The molecule has 1 aliphatic rings. The van der Waals surface area contributed by atoms with Crippen LogP contribution >= 0.6 is 15.9 Å². The molecule has 0 radical (unpaired) electrons. The summed E-state index contributed by atoms with van der Waals surface area (Å²) in [5, 5.41) is 24.8. The number of hydrazone groups is 1. The molecule has 1 N–H and O–H groups in total. The van der Waals surface area contributed by atoms with Crippen LogP contribution in [0.4, 0.5) is 5.69 Å². The van der Waals surface area contributed by atoms with Crippen LogP contribution < -0.4 is 5.46 Å². The van der Waals surface area contributed by atoms with Crippen molar-refractivity contribution in [1.29, 1.82) is 0 Å². The number of nitrogens with zero attached hydrogens (tertiary/aromatic N) is 3. The second kappa shape index (κ2) is 6.00. The zero-order chi connectivity index (χ0) is 17.5. The van der Waals surface area contributed by atoms with Crippen LogP contribution in [0.2, 0.25) is 0 Å². The number of hydrogen-bond donors (Lipinski definition) is 1. The molecule has 11 heteroatoms. The SMILES string of the molecule is O=[N+]([O-])c1ccc(S(=O)(=O)N2N=Cc3cc(Br)ccc3B2O)cc1. The molecule has 0 amide bonds. The first-order chi connectivity index (χ1) is 11.3. The molecule has 122 valence electrons. The third-order valence-corrected chi connectivity index (χ3v) is 5.59. The molecule has 0 spiro atoms. The van der Waals surface area contributed by atoms with Gasteiger partial charge in [0.15, 0.2) is 0 Å². The monoisotopic (exact) mass is 409 g/mol. The Hall–Kier alpha value is -2.24. The van der Waals surface area contributed by atoms with Gasteiger partial charge < -0.3 is 5.02 Å². The summed E-state index contributed by atoms with van der Waals surface area (Å²) in [4.78, 5) is 9.83. The van der Waals surface area contributed by atoms with E-state index in [0.29, 0.717) is 15.4 Å². The molecule has 1 aliphatic heterocycles. The van der Waals surface area contributed by atoms with Crippen molar-refractivity contribution in [3.63, 3.8) is 0 Å². The number of halogens is 1. The molecule has 0 aliphatic carbocycles. The van der Waals surface area contributed by atoms with Crippen molar-refractivity contribution in [2.45, 2.75) is 4.90 Å². The van der Waals surface area contributed by atoms with E-state index in [2.05, 4.69) is 21.0 Å². The maximum atomic E-state index is 12.6.